The molecule has 3 rings (SSSR count). The van der Waals surface area contributed by atoms with Gasteiger partial charge in [0.05, 0.1) is 6.26 Å². The Balaban J connectivity index is 2.26. The van der Waals surface area contributed by atoms with Crippen molar-refractivity contribution in [3.63, 3.8) is 0 Å². The number of hydrogen-bond acceptors (Lipinski definition) is 7. The first-order chi connectivity index (χ1) is 8.95. The van der Waals surface area contributed by atoms with Crippen molar-refractivity contribution in [1.29, 1.82) is 0 Å². The number of rotatable bonds is 2. The van der Waals surface area contributed by atoms with Crippen LogP contribution in [0, 0.1) is 0 Å². The van der Waals surface area contributed by atoms with E-state index in [1.54, 1.807) is 18.2 Å². The molecular formula is C10H9N5O3S. The van der Waals surface area contributed by atoms with Crippen molar-refractivity contribution in [3.05, 3.63) is 24.5 Å². The van der Waals surface area contributed by atoms with E-state index >= 15 is 0 Å². The SMILES string of the molecule is CS(=O)(=O)c1nc(N)n2nc(-c3ccco3)cc2n1. The highest BCUT2D eigenvalue weighted by Gasteiger charge is 2.17. The van der Waals surface area contributed by atoms with Gasteiger partial charge < -0.3 is 10.2 Å². The van der Waals surface area contributed by atoms with Gasteiger partial charge in [0.15, 0.2) is 11.4 Å². The average molecular weight is 279 g/mol. The van der Waals surface area contributed by atoms with Crippen molar-refractivity contribution >= 4 is 21.4 Å². The van der Waals surface area contributed by atoms with Crippen LogP contribution in [-0.4, -0.2) is 34.3 Å². The third kappa shape index (κ3) is 1.93. The summed E-state index contributed by atoms with van der Waals surface area (Å²) < 4.78 is 29.3. The second-order valence-electron chi connectivity index (χ2n) is 3.91. The standard InChI is InChI=1S/C10H9N5O3S/c1-19(16,17)10-12-8-5-6(7-3-2-4-18-7)14-15(8)9(11)13-10/h2-5H,1H3,(H2,11,12,13). The summed E-state index contributed by atoms with van der Waals surface area (Å²) >= 11 is 0. The Morgan fingerprint density at radius 2 is 2.16 bits per heavy atom. The van der Waals surface area contributed by atoms with E-state index in [1.807, 2.05) is 0 Å². The van der Waals surface area contributed by atoms with Crippen LogP contribution in [0.3, 0.4) is 0 Å². The highest BCUT2D eigenvalue weighted by Crippen LogP contribution is 2.20. The number of furan rings is 1. The topological polar surface area (TPSA) is 116 Å². The molecule has 0 amide bonds. The molecule has 0 aromatic carbocycles. The lowest BCUT2D eigenvalue weighted by Crippen LogP contribution is -2.10. The smallest absolute Gasteiger partial charge is 0.252 e. The summed E-state index contributed by atoms with van der Waals surface area (Å²) in [6, 6.07) is 5.02. The zero-order valence-electron chi connectivity index (χ0n) is 9.81. The van der Waals surface area contributed by atoms with Crippen molar-refractivity contribution < 1.29 is 12.8 Å². The van der Waals surface area contributed by atoms with E-state index in [0.29, 0.717) is 17.1 Å². The van der Waals surface area contributed by atoms with E-state index in [4.69, 9.17) is 10.2 Å². The van der Waals surface area contributed by atoms with Gasteiger partial charge in [-0.05, 0) is 12.1 Å². The number of hydrogen-bond donors (Lipinski definition) is 1. The van der Waals surface area contributed by atoms with Crippen LogP contribution in [-0.2, 0) is 9.84 Å². The Morgan fingerprint density at radius 3 is 2.79 bits per heavy atom. The molecular weight excluding hydrogens is 270 g/mol. The van der Waals surface area contributed by atoms with E-state index in [2.05, 4.69) is 15.1 Å². The largest absolute Gasteiger partial charge is 0.463 e. The van der Waals surface area contributed by atoms with Gasteiger partial charge in [0.25, 0.3) is 5.16 Å². The summed E-state index contributed by atoms with van der Waals surface area (Å²) in [5.74, 6) is 0.481. The van der Waals surface area contributed by atoms with E-state index < -0.39 is 9.84 Å². The monoisotopic (exact) mass is 279 g/mol. The molecule has 3 heterocycles. The summed E-state index contributed by atoms with van der Waals surface area (Å²) in [5.41, 5.74) is 6.46. The summed E-state index contributed by atoms with van der Waals surface area (Å²) in [4.78, 5) is 7.63. The fraction of sp³-hybridized carbons (Fsp3) is 0.100. The third-order valence-electron chi connectivity index (χ3n) is 2.43. The van der Waals surface area contributed by atoms with E-state index in [9.17, 15) is 8.42 Å². The number of anilines is 1. The molecule has 9 heteroatoms. The number of fused-ring (bicyclic) bond motifs is 1. The molecule has 0 saturated heterocycles. The molecule has 0 aliphatic heterocycles. The molecule has 0 radical (unpaired) electrons. The van der Waals surface area contributed by atoms with Crippen molar-refractivity contribution in [2.75, 3.05) is 12.0 Å². The first-order valence-corrected chi connectivity index (χ1v) is 7.11. The third-order valence-corrected chi connectivity index (χ3v) is 3.28. The van der Waals surface area contributed by atoms with Gasteiger partial charge in [-0.3, -0.25) is 0 Å². The van der Waals surface area contributed by atoms with Crippen molar-refractivity contribution in [1.82, 2.24) is 19.6 Å². The van der Waals surface area contributed by atoms with Crippen molar-refractivity contribution in [2.24, 2.45) is 0 Å². The van der Waals surface area contributed by atoms with E-state index in [-0.39, 0.29) is 11.1 Å². The molecule has 0 saturated carbocycles. The zero-order chi connectivity index (χ0) is 13.6. The zero-order valence-corrected chi connectivity index (χ0v) is 10.6. The number of nitrogens with two attached hydrogens (primary N) is 1. The Morgan fingerprint density at radius 1 is 1.37 bits per heavy atom. The molecule has 0 aliphatic rings. The van der Waals surface area contributed by atoms with Gasteiger partial charge in [-0.15, -0.1) is 0 Å². The first-order valence-electron chi connectivity index (χ1n) is 5.22. The number of aromatic nitrogens is 4. The Labute approximate surface area is 107 Å². The predicted octanol–water partition coefficient (Wildman–Crippen LogP) is 0.370. The molecule has 0 fully saturated rings. The molecule has 0 spiro atoms. The first kappa shape index (κ1) is 11.7. The van der Waals surface area contributed by atoms with Crippen molar-refractivity contribution in [2.45, 2.75) is 5.16 Å². The van der Waals surface area contributed by atoms with E-state index in [1.165, 1.54) is 10.8 Å². The highest BCUT2D eigenvalue weighted by molar-refractivity contribution is 7.90. The molecule has 3 aromatic heterocycles. The van der Waals surface area contributed by atoms with Crippen LogP contribution >= 0.6 is 0 Å². The summed E-state index contributed by atoms with van der Waals surface area (Å²) in [6.07, 6.45) is 2.53. The highest BCUT2D eigenvalue weighted by atomic mass is 32.2. The van der Waals surface area contributed by atoms with Crippen LogP contribution in [0.15, 0.2) is 34.0 Å². The fourth-order valence-corrected chi connectivity index (χ4v) is 2.12. The molecule has 0 unspecified atom stereocenters. The number of nitrogen functional groups attached to an aromatic ring is 1. The number of nitrogens with zero attached hydrogens (tertiary/aromatic N) is 4. The molecule has 98 valence electrons. The van der Waals surface area contributed by atoms with Gasteiger partial charge in [-0.2, -0.15) is 19.6 Å². The second-order valence-corrected chi connectivity index (χ2v) is 5.82. The van der Waals surface area contributed by atoms with Crippen LogP contribution in [0.25, 0.3) is 17.1 Å². The molecule has 0 atom stereocenters. The fourth-order valence-electron chi connectivity index (χ4n) is 1.60. The lowest BCUT2D eigenvalue weighted by molar-refractivity contribution is 0.579. The minimum absolute atomic E-state index is 0.0526. The van der Waals surface area contributed by atoms with Gasteiger partial charge in [0.2, 0.25) is 15.8 Å². The summed E-state index contributed by atoms with van der Waals surface area (Å²) in [5, 5.41) is 3.83. The lowest BCUT2D eigenvalue weighted by Gasteiger charge is -2.00. The minimum Gasteiger partial charge on any atom is -0.463 e. The minimum atomic E-state index is -3.53. The second kappa shape index (κ2) is 3.79. The predicted molar refractivity (Wildman–Crippen MR) is 66.0 cm³/mol. The Bertz CT molecular complexity index is 851. The Kier molecular flexibility index (Phi) is 2.32. The number of sulfone groups is 1. The quantitative estimate of drug-likeness (QED) is 0.720. The van der Waals surface area contributed by atoms with Gasteiger partial charge in [0, 0.05) is 12.3 Å². The van der Waals surface area contributed by atoms with Gasteiger partial charge in [0.1, 0.15) is 5.69 Å². The van der Waals surface area contributed by atoms with Crippen LogP contribution in [0.5, 0.6) is 0 Å². The van der Waals surface area contributed by atoms with Crippen LogP contribution < -0.4 is 5.73 Å². The molecule has 3 aromatic rings. The normalized spacial score (nSPS) is 12.1. The maximum atomic E-state index is 11.4. The van der Waals surface area contributed by atoms with Gasteiger partial charge in [-0.1, -0.05) is 0 Å². The van der Waals surface area contributed by atoms with Crippen LogP contribution in [0.1, 0.15) is 0 Å². The maximum absolute atomic E-state index is 11.4. The average Bonchev–Trinajstić information content (AvgIpc) is 2.95. The molecule has 8 nitrogen and oxygen atoms in total. The maximum Gasteiger partial charge on any atom is 0.252 e. The van der Waals surface area contributed by atoms with Crippen molar-refractivity contribution in [3.8, 4) is 11.5 Å². The van der Waals surface area contributed by atoms with Gasteiger partial charge >= 0.3 is 0 Å². The van der Waals surface area contributed by atoms with Gasteiger partial charge in [-0.25, -0.2) is 8.42 Å². The lowest BCUT2D eigenvalue weighted by atomic mass is 10.3. The van der Waals surface area contributed by atoms with Crippen LogP contribution in [0.4, 0.5) is 5.95 Å². The Hall–Kier alpha value is -2.42. The molecule has 2 N–H and O–H groups in total. The molecule has 0 bridgehead atoms. The van der Waals surface area contributed by atoms with Crippen LogP contribution in [0.2, 0.25) is 0 Å². The summed E-state index contributed by atoms with van der Waals surface area (Å²) in [6.45, 7) is 0. The molecule has 19 heavy (non-hydrogen) atoms. The molecule has 0 aliphatic carbocycles. The summed E-state index contributed by atoms with van der Waals surface area (Å²) in [7, 11) is -3.53. The van der Waals surface area contributed by atoms with E-state index in [0.717, 1.165) is 6.26 Å².